The third kappa shape index (κ3) is 3.28. The SMILES string of the molecule is CCC(CC)n1cc(C)c2nc(-c3ccc(-n4cccn4)cc3OC)c(C)nc21. The second-order valence-electron chi connectivity index (χ2n) is 7.35. The van der Waals surface area contributed by atoms with Crippen LogP contribution in [0.2, 0.25) is 0 Å². The van der Waals surface area contributed by atoms with Crippen LogP contribution in [-0.4, -0.2) is 31.4 Å². The molecular weight excluding hydrogens is 362 g/mol. The van der Waals surface area contributed by atoms with Crippen molar-refractivity contribution in [2.45, 2.75) is 46.6 Å². The summed E-state index contributed by atoms with van der Waals surface area (Å²) in [6, 6.07) is 8.38. The summed E-state index contributed by atoms with van der Waals surface area (Å²) >= 11 is 0. The summed E-state index contributed by atoms with van der Waals surface area (Å²) in [4.78, 5) is 10.00. The number of fused-ring (bicyclic) bond motifs is 1. The molecule has 0 fully saturated rings. The zero-order chi connectivity index (χ0) is 20.5. The van der Waals surface area contributed by atoms with E-state index in [4.69, 9.17) is 14.7 Å². The predicted octanol–water partition coefficient (Wildman–Crippen LogP) is 5.27. The van der Waals surface area contributed by atoms with Crippen LogP contribution in [0.1, 0.15) is 44.0 Å². The van der Waals surface area contributed by atoms with Crippen LogP contribution in [0.4, 0.5) is 0 Å². The first-order chi connectivity index (χ1) is 14.1. The number of rotatable bonds is 6. The van der Waals surface area contributed by atoms with Gasteiger partial charge < -0.3 is 9.30 Å². The molecule has 0 aliphatic heterocycles. The lowest BCUT2D eigenvalue weighted by Gasteiger charge is -2.16. The van der Waals surface area contributed by atoms with Gasteiger partial charge in [-0.2, -0.15) is 5.10 Å². The maximum Gasteiger partial charge on any atom is 0.159 e. The number of aromatic nitrogens is 5. The van der Waals surface area contributed by atoms with Crippen molar-refractivity contribution < 1.29 is 4.74 Å². The van der Waals surface area contributed by atoms with Gasteiger partial charge in [0, 0.05) is 36.3 Å². The number of ether oxygens (including phenoxy) is 1. The van der Waals surface area contributed by atoms with Gasteiger partial charge in [0.05, 0.1) is 24.2 Å². The van der Waals surface area contributed by atoms with Gasteiger partial charge in [-0.05, 0) is 50.5 Å². The van der Waals surface area contributed by atoms with Gasteiger partial charge in [0.2, 0.25) is 0 Å². The minimum atomic E-state index is 0.439. The first-order valence-electron chi connectivity index (χ1n) is 10.1. The molecule has 6 nitrogen and oxygen atoms in total. The highest BCUT2D eigenvalue weighted by atomic mass is 16.5. The molecule has 29 heavy (non-hydrogen) atoms. The summed E-state index contributed by atoms with van der Waals surface area (Å²) in [6.45, 7) is 8.56. The molecule has 0 N–H and O–H groups in total. The molecule has 4 aromatic rings. The number of methoxy groups -OCH3 is 1. The summed E-state index contributed by atoms with van der Waals surface area (Å²) in [5.41, 5.74) is 6.69. The van der Waals surface area contributed by atoms with Gasteiger partial charge >= 0.3 is 0 Å². The van der Waals surface area contributed by atoms with Gasteiger partial charge in [0.25, 0.3) is 0 Å². The lowest BCUT2D eigenvalue weighted by atomic mass is 10.1. The number of hydrogen-bond acceptors (Lipinski definition) is 4. The van der Waals surface area contributed by atoms with Gasteiger partial charge in [-0.3, -0.25) is 0 Å². The maximum atomic E-state index is 5.70. The highest BCUT2D eigenvalue weighted by molar-refractivity contribution is 5.81. The molecule has 0 bridgehead atoms. The molecule has 0 saturated carbocycles. The molecule has 4 rings (SSSR count). The molecule has 3 heterocycles. The van der Waals surface area contributed by atoms with E-state index in [1.807, 2.05) is 42.1 Å². The maximum absolute atomic E-state index is 5.70. The Hall–Kier alpha value is -3.15. The van der Waals surface area contributed by atoms with E-state index in [-0.39, 0.29) is 0 Å². The van der Waals surface area contributed by atoms with E-state index in [0.29, 0.717) is 6.04 Å². The Kier molecular flexibility index (Phi) is 5.09. The third-order valence-corrected chi connectivity index (χ3v) is 5.55. The summed E-state index contributed by atoms with van der Waals surface area (Å²) < 4.78 is 9.80. The van der Waals surface area contributed by atoms with Crippen LogP contribution in [0.5, 0.6) is 5.75 Å². The van der Waals surface area contributed by atoms with E-state index in [2.05, 4.69) is 36.6 Å². The minimum absolute atomic E-state index is 0.439. The summed E-state index contributed by atoms with van der Waals surface area (Å²) in [7, 11) is 1.68. The van der Waals surface area contributed by atoms with Gasteiger partial charge in [-0.1, -0.05) is 13.8 Å². The van der Waals surface area contributed by atoms with E-state index in [9.17, 15) is 0 Å². The first-order valence-corrected chi connectivity index (χ1v) is 10.1. The monoisotopic (exact) mass is 389 g/mol. The molecule has 3 aromatic heterocycles. The van der Waals surface area contributed by atoms with Gasteiger partial charge in [-0.25, -0.2) is 14.6 Å². The first kappa shape index (κ1) is 19.2. The van der Waals surface area contributed by atoms with E-state index in [0.717, 1.165) is 58.0 Å². The number of nitrogens with zero attached hydrogens (tertiary/aromatic N) is 5. The van der Waals surface area contributed by atoms with Crippen molar-refractivity contribution in [3.63, 3.8) is 0 Å². The second kappa shape index (κ2) is 7.70. The van der Waals surface area contributed by atoms with Crippen molar-refractivity contribution in [1.29, 1.82) is 0 Å². The quantitative estimate of drug-likeness (QED) is 0.451. The number of aryl methyl sites for hydroxylation is 2. The molecule has 0 aliphatic rings. The predicted molar refractivity (Wildman–Crippen MR) is 116 cm³/mol. The highest BCUT2D eigenvalue weighted by Gasteiger charge is 2.19. The van der Waals surface area contributed by atoms with E-state index >= 15 is 0 Å². The molecule has 0 aliphatic carbocycles. The zero-order valence-corrected chi connectivity index (χ0v) is 17.7. The third-order valence-electron chi connectivity index (χ3n) is 5.55. The van der Waals surface area contributed by atoms with Crippen LogP contribution < -0.4 is 4.74 Å². The molecule has 0 saturated heterocycles. The van der Waals surface area contributed by atoms with Crippen LogP contribution in [0.25, 0.3) is 28.1 Å². The topological polar surface area (TPSA) is 57.8 Å². The Morgan fingerprint density at radius 1 is 1.10 bits per heavy atom. The largest absolute Gasteiger partial charge is 0.496 e. The average molecular weight is 390 g/mol. The molecule has 0 unspecified atom stereocenters. The molecule has 6 heteroatoms. The Morgan fingerprint density at radius 3 is 2.55 bits per heavy atom. The zero-order valence-electron chi connectivity index (χ0n) is 17.7. The van der Waals surface area contributed by atoms with Crippen LogP contribution >= 0.6 is 0 Å². The Labute approximate surface area is 171 Å². The van der Waals surface area contributed by atoms with Crippen molar-refractivity contribution in [3.05, 3.63) is 54.1 Å². The smallest absolute Gasteiger partial charge is 0.159 e. The lowest BCUT2D eigenvalue weighted by molar-refractivity contribution is 0.416. The van der Waals surface area contributed by atoms with Crippen molar-refractivity contribution in [2.75, 3.05) is 7.11 Å². The molecule has 0 amide bonds. The van der Waals surface area contributed by atoms with E-state index in [1.54, 1.807) is 13.3 Å². The number of benzene rings is 1. The van der Waals surface area contributed by atoms with Gasteiger partial charge in [0.15, 0.2) is 5.65 Å². The molecule has 0 atom stereocenters. The van der Waals surface area contributed by atoms with Crippen LogP contribution in [-0.2, 0) is 0 Å². The molecule has 0 radical (unpaired) electrons. The van der Waals surface area contributed by atoms with Crippen molar-refractivity contribution >= 4 is 11.2 Å². The lowest BCUT2D eigenvalue weighted by Crippen LogP contribution is -2.07. The molecule has 1 aromatic carbocycles. The summed E-state index contributed by atoms with van der Waals surface area (Å²) in [5, 5.41) is 4.30. The molecular formula is C23H27N5O. The molecule has 0 spiro atoms. The van der Waals surface area contributed by atoms with Crippen molar-refractivity contribution in [2.24, 2.45) is 0 Å². The van der Waals surface area contributed by atoms with Gasteiger partial charge in [0.1, 0.15) is 11.3 Å². The van der Waals surface area contributed by atoms with Crippen LogP contribution in [0, 0.1) is 13.8 Å². The van der Waals surface area contributed by atoms with E-state index in [1.165, 1.54) is 0 Å². The fourth-order valence-electron chi connectivity index (χ4n) is 3.94. The normalized spacial score (nSPS) is 11.5. The highest BCUT2D eigenvalue weighted by Crippen LogP contribution is 2.34. The summed E-state index contributed by atoms with van der Waals surface area (Å²) in [6.07, 6.45) is 8.01. The average Bonchev–Trinajstić information content (AvgIpc) is 3.37. The fraction of sp³-hybridized carbons (Fsp3) is 0.348. The standard InChI is InChI=1S/C23H27N5O/c1-6-17(7-2)27-14-15(3)21-23(27)25-16(4)22(26-21)19-10-9-18(13-20(19)29-5)28-12-8-11-24-28/h8-14,17H,6-7H2,1-5H3. The van der Waals surface area contributed by atoms with Crippen LogP contribution in [0.15, 0.2) is 42.9 Å². The Balaban J connectivity index is 1.86. The van der Waals surface area contributed by atoms with Gasteiger partial charge in [-0.15, -0.1) is 0 Å². The summed E-state index contributed by atoms with van der Waals surface area (Å²) in [5.74, 6) is 0.756. The van der Waals surface area contributed by atoms with E-state index < -0.39 is 0 Å². The number of hydrogen-bond donors (Lipinski definition) is 0. The Bertz CT molecular complexity index is 1140. The van der Waals surface area contributed by atoms with Crippen molar-refractivity contribution in [3.8, 4) is 22.7 Å². The molecule has 150 valence electrons. The fourth-order valence-corrected chi connectivity index (χ4v) is 3.94. The Morgan fingerprint density at radius 2 is 1.90 bits per heavy atom. The minimum Gasteiger partial charge on any atom is -0.496 e. The second-order valence-corrected chi connectivity index (χ2v) is 7.35. The van der Waals surface area contributed by atoms with Crippen LogP contribution in [0.3, 0.4) is 0 Å². The van der Waals surface area contributed by atoms with Crippen molar-refractivity contribution in [1.82, 2.24) is 24.3 Å².